The second kappa shape index (κ2) is 7.61. The highest BCUT2D eigenvalue weighted by Crippen LogP contribution is 2.26. The predicted octanol–water partition coefficient (Wildman–Crippen LogP) is 2.65. The van der Waals surface area contributed by atoms with Gasteiger partial charge in [-0.3, -0.25) is 19.9 Å². The Hall–Kier alpha value is -2.80. The summed E-state index contributed by atoms with van der Waals surface area (Å²) in [5, 5.41) is 14.4. The number of carbonyl (C=O) groups is 1. The summed E-state index contributed by atoms with van der Waals surface area (Å²) < 4.78 is 0. The van der Waals surface area contributed by atoms with Gasteiger partial charge in [0.05, 0.1) is 22.2 Å². The van der Waals surface area contributed by atoms with Crippen molar-refractivity contribution in [3.05, 3.63) is 69.0 Å². The Morgan fingerprint density at radius 1 is 1.38 bits per heavy atom. The number of amides is 1. The molecule has 1 atom stereocenters. The zero-order valence-corrected chi connectivity index (χ0v) is 14.9. The zero-order valence-electron chi connectivity index (χ0n) is 14.9. The number of hydrogen-bond acceptors (Lipinski definition) is 5. The van der Waals surface area contributed by atoms with Crippen LogP contribution in [-0.4, -0.2) is 40.3 Å². The summed E-state index contributed by atoms with van der Waals surface area (Å²) in [6, 6.07) is 9.47. The molecule has 1 aromatic heterocycles. The number of pyridine rings is 1. The number of rotatable bonds is 4. The molecule has 2 aromatic rings. The van der Waals surface area contributed by atoms with Crippen LogP contribution < -0.4 is 5.32 Å². The van der Waals surface area contributed by atoms with Crippen molar-refractivity contribution in [2.45, 2.75) is 26.3 Å². The molecule has 1 aromatic carbocycles. The summed E-state index contributed by atoms with van der Waals surface area (Å²) in [4.78, 5) is 29.5. The van der Waals surface area contributed by atoms with Gasteiger partial charge in [-0.05, 0) is 24.5 Å². The van der Waals surface area contributed by atoms with Crippen LogP contribution in [0.3, 0.4) is 0 Å². The van der Waals surface area contributed by atoms with E-state index in [-0.39, 0.29) is 23.2 Å². The normalized spacial score (nSPS) is 17.2. The van der Waals surface area contributed by atoms with Crippen LogP contribution in [0.5, 0.6) is 0 Å². The molecule has 0 radical (unpaired) electrons. The van der Waals surface area contributed by atoms with Crippen molar-refractivity contribution >= 4 is 11.6 Å². The van der Waals surface area contributed by atoms with Gasteiger partial charge in [0.2, 0.25) is 0 Å². The molecule has 1 fully saturated rings. The quantitative estimate of drug-likeness (QED) is 0.673. The van der Waals surface area contributed by atoms with Crippen LogP contribution in [0.1, 0.15) is 40.1 Å². The maximum absolute atomic E-state index is 13.1. The highest BCUT2D eigenvalue weighted by Gasteiger charge is 2.30. The fraction of sp³-hybridized carbons (Fsp3) is 0.368. The van der Waals surface area contributed by atoms with Crippen LogP contribution in [-0.2, 0) is 6.42 Å². The van der Waals surface area contributed by atoms with Gasteiger partial charge in [0.25, 0.3) is 11.6 Å². The van der Waals surface area contributed by atoms with Crippen molar-refractivity contribution in [1.29, 1.82) is 0 Å². The van der Waals surface area contributed by atoms with Crippen LogP contribution in [0.4, 0.5) is 5.69 Å². The van der Waals surface area contributed by atoms with E-state index >= 15 is 0 Å². The molecule has 3 rings (SSSR count). The van der Waals surface area contributed by atoms with Crippen molar-refractivity contribution in [1.82, 2.24) is 15.2 Å². The third-order valence-electron chi connectivity index (χ3n) is 4.79. The van der Waals surface area contributed by atoms with Gasteiger partial charge in [-0.1, -0.05) is 31.2 Å². The van der Waals surface area contributed by atoms with Crippen molar-refractivity contribution in [2.75, 3.05) is 19.6 Å². The molecule has 1 saturated heterocycles. The van der Waals surface area contributed by atoms with E-state index < -0.39 is 4.92 Å². The second-order valence-electron chi connectivity index (χ2n) is 6.40. The monoisotopic (exact) mass is 354 g/mol. The van der Waals surface area contributed by atoms with Crippen LogP contribution in [0.15, 0.2) is 36.5 Å². The van der Waals surface area contributed by atoms with E-state index in [9.17, 15) is 14.9 Å². The zero-order chi connectivity index (χ0) is 18.7. The molecule has 1 aliphatic heterocycles. The smallest absolute Gasteiger partial charge is 0.288 e. The molecule has 1 unspecified atom stereocenters. The highest BCUT2D eigenvalue weighted by atomic mass is 16.6. The molecule has 0 saturated carbocycles. The summed E-state index contributed by atoms with van der Waals surface area (Å²) in [6.45, 7) is 5.69. The summed E-state index contributed by atoms with van der Waals surface area (Å²) in [5.41, 5.74) is 2.92. The lowest BCUT2D eigenvalue weighted by molar-refractivity contribution is -0.385. The molecule has 0 bridgehead atoms. The first-order valence-corrected chi connectivity index (χ1v) is 8.72. The number of nitrogens with one attached hydrogen (secondary N) is 1. The van der Waals surface area contributed by atoms with Crippen LogP contribution in [0.25, 0.3) is 0 Å². The minimum absolute atomic E-state index is 0.110. The summed E-state index contributed by atoms with van der Waals surface area (Å²) in [6.07, 6.45) is 2.15. The SMILES string of the molecule is CCc1ccc(C2CNCCN2C(=O)c2cc([N+](=O)[O-])cnc2C)cc1. The van der Waals surface area contributed by atoms with Crippen molar-refractivity contribution in [3.63, 3.8) is 0 Å². The molecule has 0 spiro atoms. The topological polar surface area (TPSA) is 88.4 Å². The van der Waals surface area contributed by atoms with Gasteiger partial charge in [-0.2, -0.15) is 0 Å². The first kappa shape index (κ1) is 18.0. The van der Waals surface area contributed by atoms with Gasteiger partial charge < -0.3 is 10.2 Å². The van der Waals surface area contributed by atoms with E-state index in [0.717, 1.165) is 12.0 Å². The third-order valence-corrected chi connectivity index (χ3v) is 4.79. The van der Waals surface area contributed by atoms with Gasteiger partial charge in [0.15, 0.2) is 0 Å². The van der Waals surface area contributed by atoms with Gasteiger partial charge >= 0.3 is 0 Å². The molecular formula is C19H22N4O3. The summed E-state index contributed by atoms with van der Waals surface area (Å²) >= 11 is 0. The Morgan fingerprint density at radius 3 is 2.77 bits per heavy atom. The van der Waals surface area contributed by atoms with E-state index in [2.05, 4.69) is 41.5 Å². The molecule has 136 valence electrons. The number of nitrogens with zero attached hydrogens (tertiary/aromatic N) is 3. The Labute approximate surface area is 152 Å². The molecule has 2 heterocycles. The Morgan fingerprint density at radius 2 is 2.12 bits per heavy atom. The Balaban J connectivity index is 1.93. The lowest BCUT2D eigenvalue weighted by Gasteiger charge is -2.37. The molecule has 1 amide bonds. The fourth-order valence-corrected chi connectivity index (χ4v) is 3.21. The number of carbonyl (C=O) groups excluding carboxylic acids is 1. The lowest BCUT2D eigenvalue weighted by Crippen LogP contribution is -2.48. The first-order chi connectivity index (χ1) is 12.5. The Kier molecular flexibility index (Phi) is 5.27. The minimum Gasteiger partial charge on any atom is -0.329 e. The van der Waals surface area contributed by atoms with E-state index in [0.29, 0.717) is 25.3 Å². The number of nitro groups is 1. The van der Waals surface area contributed by atoms with Gasteiger partial charge in [0, 0.05) is 25.7 Å². The predicted molar refractivity (Wildman–Crippen MR) is 98.1 cm³/mol. The molecule has 0 aliphatic carbocycles. The molecule has 1 aliphatic rings. The van der Waals surface area contributed by atoms with Gasteiger partial charge in [-0.25, -0.2) is 0 Å². The maximum atomic E-state index is 13.1. The van der Waals surface area contributed by atoms with E-state index in [4.69, 9.17) is 0 Å². The third kappa shape index (κ3) is 3.57. The molecule has 26 heavy (non-hydrogen) atoms. The fourth-order valence-electron chi connectivity index (χ4n) is 3.21. The van der Waals surface area contributed by atoms with E-state index in [1.165, 1.54) is 17.8 Å². The van der Waals surface area contributed by atoms with E-state index in [1.807, 2.05) is 0 Å². The molecule has 7 nitrogen and oxygen atoms in total. The van der Waals surface area contributed by atoms with Crippen molar-refractivity contribution < 1.29 is 9.72 Å². The van der Waals surface area contributed by atoms with E-state index in [1.54, 1.807) is 11.8 Å². The van der Waals surface area contributed by atoms with Crippen molar-refractivity contribution in [2.24, 2.45) is 0 Å². The van der Waals surface area contributed by atoms with Gasteiger partial charge in [-0.15, -0.1) is 0 Å². The number of aromatic nitrogens is 1. The summed E-state index contributed by atoms with van der Waals surface area (Å²) in [7, 11) is 0. The second-order valence-corrected chi connectivity index (χ2v) is 6.40. The van der Waals surface area contributed by atoms with Crippen LogP contribution in [0.2, 0.25) is 0 Å². The number of aryl methyl sites for hydroxylation is 2. The first-order valence-electron chi connectivity index (χ1n) is 8.72. The maximum Gasteiger partial charge on any atom is 0.288 e. The standard InChI is InChI=1S/C19H22N4O3/c1-3-14-4-6-15(7-5-14)18-12-20-8-9-22(18)19(24)17-10-16(23(25)26)11-21-13(17)2/h4-7,10-11,18,20H,3,8-9,12H2,1-2H3. The number of hydrogen-bond donors (Lipinski definition) is 1. The van der Waals surface area contributed by atoms with Crippen LogP contribution in [0, 0.1) is 17.0 Å². The lowest BCUT2D eigenvalue weighted by atomic mass is 9.99. The Bertz CT molecular complexity index is 820. The number of piperazine rings is 1. The molecule has 7 heteroatoms. The highest BCUT2D eigenvalue weighted by molar-refractivity contribution is 5.96. The minimum atomic E-state index is -0.526. The number of benzene rings is 1. The van der Waals surface area contributed by atoms with Crippen molar-refractivity contribution in [3.8, 4) is 0 Å². The van der Waals surface area contributed by atoms with Crippen LogP contribution >= 0.6 is 0 Å². The largest absolute Gasteiger partial charge is 0.329 e. The summed E-state index contributed by atoms with van der Waals surface area (Å²) in [5.74, 6) is -0.218. The average molecular weight is 354 g/mol. The average Bonchev–Trinajstić information content (AvgIpc) is 2.67. The molecule has 1 N–H and O–H groups in total. The molecular weight excluding hydrogens is 332 g/mol. The van der Waals surface area contributed by atoms with Gasteiger partial charge in [0.1, 0.15) is 6.20 Å².